The molecule has 1 aromatic carbocycles. The van der Waals surface area contributed by atoms with Gasteiger partial charge in [-0.1, -0.05) is 95.4 Å². The molecule has 4 N–H and O–H groups in total. The van der Waals surface area contributed by atoms with Gasteiger partial charge in [0.1, 0.15) is 5.54 Å². The molecule has 2 aliphatic carbocycles. The Kier molecular flexibility index (Phi) is 9.27. The topological polar surface area (TPSA) is 97.3 Å². The zero-order chi connectivity index (χ0) is 25.4. The number of carbonyl (C=O) groups excluding carboxylic acids is 2. The number of nitrogens with one attached hydrogen (secondary N) is 4. The summed E-state index contributed by atoms with van der Waals surface area (Å²) in [5, 5.41) is 18.0. The fourth-order valence-electron chi connectivity index (χ4n) is 6.24. The summed E-state index contributed by atoms with van der Waals surface area (Å²) >= 11 is 0. The van der Waals surface area contributed by atoms with Crippen LogP contribution in [0, 0.1) is 11.3 Å². The van der Waals surface area contributed by atoms with E-state index in [1.165, 1.54) is 51.4 Å². The van der Waals surface area contributed by atoms with Gasteiger partial charge in [-0.2, -0.15) is 0 Å². The number of carbonyl (C=O) groups is 2. The first-order chi connectivity index (χ1) is 17.5. The lowest BCUT2D eigenvalue weighted by atomic mass is 9.77. The van der Waals surface area contributed by atoms with E-state index in [1.54, 1.807) is 4.90 Å². The number of hydrogen-bond donors (Lipinski definition) is 4. The van der Waals surface area contributed by atoms with Crippen LogP contribution in [0.5, 0.6) is 0 Å². The van der Waals surface area contributed by atoms with Crippen LogP contribution in [0.25, 0.3) is 0 Å². The van der Waals surface area contributed by atoms with Crippen molar-refractivity contribution in [2.45, 2.75) is 121 Å². The van der Waals surface area contributed by atoms with Crippen LogP contribution in [0.2, 0.25) is 0 Å². The summed E-state index contributed by atoms with van der Waals surface area (Å²) in [6.45, 7) is 3.03. The number of urea groups is 1. The molecule has 2 saturated carbocycles. The molecular weight excluding hydrogens is 450 g/mol. The lowest BCUT2D eigenvalue weighted by Gasteiger charge is -2.33. The van der Waals surface area contributed by atoms with Crippen molar-refractivity contribution in [3.8, 4) is 0 Å². The standard InChI is InChI=1S/C29H45N5O2/c1-2-3-18-29(19-22-10-6-4-7-11-22)26(35)34(27(30)33-29)21-24-16-14-23(15-17-24)20-31-28(36)32-25-12-8-5-9-13-25/h14-17,22,25H,2-13,18-21H2,1H3,(H2,30,33)(H2,31,32,36). The number of nitrogens with zero attached hydrogens (tertiary/aromatic N) is 1. The average molecular weight is 496 g/mol. The molecule has 4 rings (SSSR count). The summed E-state index contributed by atoms with van der Waals surface area (Å²) in [5.41, 5.74) is 1.40. The van der Waals surface area contributed by atoms with Crippen molar-refractivity contribution in [1.82, 2.24) is 20.9 Å². The summed E-state index contributed by atoms with van der Waals surface area (Å²) in [6.07, 6.45) is 15.7. The van der Waals surface area contributed by atoms with Gasteiger partial charge in [-0.3, -0.25) is 15.1 Å². The van der Waals surface area contributed by atoms with E-state index in [0.717, 1.165) is 49.7 Å². The van der Waals surface area contributed by atoms with E-state index < -0.39 is 5.54 Å². The zero-order valence-electron chi connectivity index (χ0n) is 22.0. The molecule has 3 amide bonds. The molecule has 1 saturated heterocycles. The van der Waals surface area contributed by atoms with Crippen molar-refractivity contribution in [2.75, 3.05) is 0 Å². The molecule has 1 atom stereocenters. The molecule has 1 heterocycles. The predicted octanol–water partition coefficient (Wildman–Crippen LogP) is 5.58. The first-order valence-corrected chi connectivity index (χ1v) is 14.3. The Morgan fingerprint density at radius 3 is 2.33 bits per heavy atom. The summed E-state index contributed by atoms with van der Waals surface area (Å²) in [7, 11) is 0. The third kappa shape index (κ3) is 6.80. The molecule has 1 unspecified atom stereocenters. The van der Waals surface area contributed by atoms with Crippen molar-refractivity contribution < 1.29 is 9.59 Å². The van der Waals surface area contributed by atoms with Crippen LogP contribution in [0.3, 0.4) is 0 Å². The normalized spacial score (nSPS) is 23.5. The van der Waals surface area contributed by atoms with Crippen LogP contribution in [0.4, 0.5) is 4.79 Å². The van der Waals surface area contributed by atoms with Crippen molar-refractivity contribution in [3.63, 3.8) is 0 Å². The van der Waals surface area contributed by atoms with Gasteiger partial charge < -0.3 is 16.0 Å². The average Bonchev–Trinajstić information content (AvgIpc) is 3.12. The van der Waals surface area contributed by atoms with Crippen molar-refractivity contribution in [1.29, 1.82) is 5.41 Å². The summed E-state index contributed by atoms with van der Waals surface area (Å²) in [5.74, 6) is 0.871. The smallest absolute Gasteiger partial charge is 0.315 e. The van der Waals surface area contributed by atoms with Gasteiger partial charge in [-0.05, 0) is 42.7 Å². The first-order valence-electron chi connectivity index (χ1n) is 14.3. The van der Waals surface area contributed by atoms with Crippen molar-refractivity contribution >= 4 is 17.9 Å². The van der Waals surface area contributed by atoms with Crippen LogP contribution >= 0.6 is 0 Å². The Morgan fingerprint density at radius 2 is 1.67 bits per heavy atom. The van der Waals surface area contributed by atoms with Gasteiger partial charge in [0.25, 0.3) is 5.91 Å². The van der Waals surface area contributed by atoms with Gasteiger partial charge in [-0.25, -0.2) is 4.79 Å². The highest BCUT2D eigenvalue weighted by Crippen LogP contribution is 2.36. The molecule has 3 aliphatic rings. The maximum Gasteiger partial charge on any atom is 0.315 e. The van der Waals surface area contributed by atoms with Gasteiger partial charge in [-0.15, -0.1) is 0 Å². The summed E-state index contributed by atoms with van der Waals surface area (Å²) in [6, 6.07) is 8.20. The third-order valence-electron chi connectivity index (χ3n) is 8.36. The van der Waals surface area contributed by atoms with Crippen molar-refractivity contribution in [2.24, 2.45) is 5.92 Å². The van der Waals surface area contributed by atoms with Gasteiger partial charge in [0, 0.05) is 12.6 Å². The summed E-state index contributed by atoms with van der Waals surface area (Å²) < 4.78 is 0. The lowest BCUT2D eigenvalue weighted by Crippen LogP contribution is -2.48. The Bertz CT molecular complexity index is 889. The van der Waals surface area contributed by atoms with E-state index in [1.807, 2.05) is 24.3 Å². The molecule has 7 nitrogen and oxygen atoms in total. The minimum Gasteiger partial charge on any atom is -0.342 e. The number of amides is 3. The molecule has 1 aromatic rings. The molecule has 0 bridgehead atoms. The second kappa shape index (κ2) is 12.6. The number of unbranched alkanes of at least 4 members (excludes halogenated alkanes) is 1. The second-order valence-corrected chi connectivity index (χ2v) is 11.2. The van der Waals surface area contributed by atoms with Gasteiger partial charge in [0.15, 0.2) is 5.96 Å². The summed E-state index contributed by atoms with van der Waals surface area (Å²) in [4.78, 5) is 27.6. The first kappa shape index (κ1) is 26.5. The number of rotatable bonds is 10. The fourth-order valence-corrected chi connectivity index (χ4v) is 6.24. The maximum absolute atomic E-state index is 13.7. The Balaban J connectivity index is 1.32. The van der Waals surface area contributed by atoms with E-state index in [9.17, 15) is 9.59 Å². The quantitative estimate of drug-likeness (QED) is 0.341. The van der Waals surface area contributed by atoms with Gasteiger partial charge >= 0.3 is 6.03 Å². The lowest BCUT2D eigenvalue weighted by molar-refractivity contribution is -0.132. The van der Waals surface area contributed by atoms with Crippen LogP contribution < -0.4 is 16.0 Å². The third-order valence-corrected chi connectivity index (χ3v) is 8.36. The van der Waals surface area contributed by atoms with E-state index in [2.05, 4.69) is 22.9 Å². The largest absolute Gasteiger partial charge is 0.342 e. The minimum absolute atomic E-state index is 0.0663. The predicted molar refractivity (Wildman–Crippen MR) is 144 cm³/mol. The Hall–Kier alpha value is -2.57. The van der Waals surface area contributed by atoms with E-state index in [4.69, 9.17) is 5.41 Å². The highest BCUT2D eigenvalue weighted by molar-refractivity contribution is 6.07. The zero-order valence-corrected chi connectivity index (χ0v) is 22.0. The van der Waals surface area contributed by atoms with Crippen LogP contribution in [0.1, 0.15) is 108 Å². The Labute approximate surface area is 216 Å². The number of guanidine groups is 1. The van der Waals surface area contributed by atoms with E-state index in [0.29, 0.717) is 25.0 Å². The highest BCUT2D eigenvalue weighted by Gasteiger charge is 2.49. The molecule has 36 heavy (non-hydrogen) atoms. The van der Waals surface area contributed by atoms with Crippen LogP contribution in [0.15, 0.2) is 24.3 Å². The molecule has 7 heteroatoms. The molecule has 198 valence electrons. The molecule has 0 radical (unpaired) electrons. The fraction of sp³-hybridized carbons (Fsp3) is 0.690. The van der Waals surface area contributed by atoms with E-state index >= 15 is 0 Å². The van der Waals surface area contributed by atoms with E-state index in [-0.39, 0.29) is 17.9 Å². The SMILES string of the molecule is CCCCC1(CC2CCCCC2)NC(=N)N(Cc2ccc(CNC(=O)NC3CCCCC3)cc2)C1=O. The molecule has 1 aliphatic heterocycles. The number of benzene rings is 1. The molecular formula is C29H45N5O2. The van der Waals surface area contributed by atoms with Gasteiger partial charge in [0.05, 0.1) is 6.54 Å². The van der Waals surface area contributed by atoms with Crippen molar-refractivity contribution in [3.05, 3.63) is 35.4 Å². The van der Waals surface area contributed by atoms with Crippen LogP contribution in [-0.4, -0.2) is 34.4 Å². The Morgan fingerprint density at radius 1 is 1.03 bits per heavy atom. The molecule has 0 spiro atoms. The molecule has 3 fully saturated rings. The molecule has 0 aromatic heterocycles. The maximum atomic E-state index is 13.7. The monoisotopic (exact) mass is 495 g/mol. The number of hydrogen-bond acceptors (Lipinski definition) is 3. The minimum atomic E-state index is -0.620. The highest BCUT2D eigenvalue weighted by atomic mass is 16.2. The van der Waals surface area contributed by atoms with Gasteiger partial charge in [0.2, 0.25) is 0 Å². The second-order valence-electron chi connectivity index (χ2n) is 11.2. The van der Waals surface area contributed by atoms with Crippen LogP contribution in [-0.2, 0) is 17.9 Å².